The van der Waals surface area contributed by atoms with E-state index in [4.69, 9.17) is 4.74 Å². The Kier molecular flexibility index (Phi) is 3.34. The highest BCUT2D eigenvalue weighted by Crippen LogP contribution is 2.39. The number of carbonyl (C=O) groups is 1. The molecule has 0 unspecified atom stereocenters. The van der Waals surface area contributed by atoms with Crippen molar-refractivity contribution in [1.29, 1.82) is 0 Å². The molecule has 84 valence electrons. The molecule has 0 spiro atoms. The molecule has 1 aromatic carbocycles. The Hall–Kier alpha value is -1.22. The molecule has 1 aliphatic heterocycles. The van der Waals surface area contributed by atoms with Crippen molar-refractivity contribution >= 4 is 22.6 Å². The molecule has 0 saturated carbocycles. The van der Waals surface area contributed by atoms with Crippen LogP contribution in [0.25, 0.3) is 4.91 Å². The number of esters is 1. The largest absolute Gasteiger partial charge is 0.466 e. The van der Waals surface area contributed by atoms with Crippen molar-refractivity contribution < 1.29 is 9.53 Å². The zero-order chi connectivity index (χ0) is 11.5. The molecule has 0 amide bonds. The van der Waals surface area contributed by atoms with Gasteiger partial charge < -0.3 is 4.74 Å². The first-order valence-electron chi connectivity index (χ1n) is 5.23. The third kappa shape index (κ3) is 2.14. The Bertz CT molecular complexity index is 432. The van der Waals surface area contributed by atoms with E-state index in [2.05, 4.69) is 31.2 Å². The fourth-order valence-electron chi connectivity index (χ4n) is 1.74. The lowest BCUT2D eigenvalue weighted by molar-refractivity contribution is -0.136. The second-order valence-electron chi connectivity index (χ2n) is 3.76. The van der Waals surface area contributed by atoms with Gasteiger partial charge in [0.15, 0.2) is 0 Å². The maximum Gasteiger partial charge on any atom is 0.334 e. The van der Waals surface area contributed by atoms with Crippen molar-refractivity contribution in [3.05, 3.63) is 41.0 Å². The quantitative estimate of drug-likeness (QED) is 0.736. The van der Waals surface area contributed by atoms with Gasteiger partial charge in [-0.1, -0.05) is 29.8 Å². The number of aryl methyl sites for hydroxylation is 1. The lowest BCUT2D eigenvalue weighted by atomic mass is 10.1. The number of hydrogen-bond acceptors (Lipinski definition) is 3. The van der Waals surface area contributed by atoms with E-state index in [1.807, 2.05) is 0 Å². The van der Waals surface area contributed by atoms with Gasteiger partial charge in [-0.2, -0.15) is 0 Å². The molecule has 0 fully saturated rings. The van der Waals surface area contributed by atoms with Crippen LogP contribution >= 0.6 is 11.8 Å². The van der Waals surface area contributed by atoms with Gasteiger partial charge in [-0.15, -0.1) is 11.8 Å². The van der Waals surface area contributed by atoms with Crippen LogP contribution < -0.4 is 0 Å². The molecule has 0 aliphatic carbocycles. The summed E-state index contributed by atoms with van der Waals surface area (Å²) in [6.07, 6.45) is 0.806. The van der Waals surface area contributed by atoms with Crippen LogP contribution in [0.4, 0.5) is 0 Å². The highest BCUT2D eigenvalue weighted by Gasteiger charge is 2.22. The first-order chi connectivity index (χ1) is 7.72. The van der Waals surface area contributed by atoms with Crippen molar-refractivity contribution in [1.82, 2.24) is 0 Å². The SMILES string of the molecule is COC(=O)C1=C(c2ccc(C)cc2)SCC1. The summed E-state index contributed by atoms with van der Waals surface area (Å²) < 4.78 is 4.80. The summed E-state index contributed by atoms with van der Waals surface area (Å²) in [6.45, 7) is 2.06. The number of rotatable bonds is 2. The molecule has 1 heterocycles. The third-order valence-corrected chi connectivity index (χ3v) is 3.80. The van der Waals surface area contributed by atoms with Crippen molar-refractivity contribution in [3.8, 4) is 0 Å². The smallest absolute Gasteiger partial charge is 0.334 e. The topological polar surface area (TPSA) is 26.3 Å². The minimum absolute atomic E-state index is 0.194. The summed E-state index contributed by atoms with van der Waals surface area (Å²) in [5.41, 5.74) is 3.16. The summed E-state index contributed by atoms with van der Waals surface area (Å²) in [7, 11) is 1.44. The van der Waals surface area contributed by atoms with Crippen LogP contribution in [-0.2, 0) is 9.53 Å². The first-order valence-corrected chi connectivity index (χ1v) is 6.22. The summed E-state index contributed by atoms with van der Waals surface area (Å²) in [4.78, 5) is 12.6. The van der Waals surface area contributed by atoms with Crippen molar-refractivity contribution in [2.45, 2.75) is 13.3 Å². The van der Waals surface area contributed by atoms with Crippen LogP contribution in [0.3, 0.4) is 0 Å². The van der Waals surface area contributed by atoms with Gasteiger partial charge in [0.1, 0.15) is 0 Å². The molecule has 0 bridgehead atoms. The molecule has 16 heavy (non-hydrogen) atoms. The average Bonchev–Trinajstić information content (AvgIpc) is 2.78. The number of benzene rings is 1. The summed E-state index contributed by atoms with van der Waals surface area (Å²) in [5.74, 6) is 0.772. The fourth-order valence-corrected chi connectivity index (χ4v) is 2.91. The highest BCUT2D eigenvalue weighted by molar-refractivity contribution is 8.08. The molecule has 2 rings (SSSR count). The van der Waals surface area contributed by atoms with Gasteiger partial charge in [-0.05, 0) is 18.9 Å². The van der Waals surface area contributed by atoms with E-state index in [0.29, 0.717) is 0 Å². The Morgan fingerprint density at radius 2 is 2.00 bits per heavy atom. The number of ether oxygens (including phenoxy) is 1. The molecule has 0 aromatic heterocycles. The van der Waals surface area contributed by atoms with Gasteiger partial charge in [0.05, 0.1) is 12.7 Å². The first kappa shape index (κ1) is 11.3. The zero-order valence-corrected chi connectivity index (χ0v) is 10.3. The second-order valence-corrected chi connectivity index (χ2v) is 4.87. The average molecular weight is 234 g/mol. The van der Waals surface area contributed by atoms with Gasteiger partial charge in [0.25, 0.3) is 0 Å². The van der Waals surface area contributed by atoms with Crippen LogP contribution in [0.1, 0.15) is 17.5 Å². The van der Waals surface area contributed by atoms with Gasteiger partial charge in [-0.25, -0.2) is 4.79 Å². The van der Waals surface area contributed by atoms with E-state index in [1.165, 1.54) is 12.7 Å². The van der Waals surface area contributed by atoms with Crippen LogP contribution in [0.15, 0.2) is 29.8 Å². The van der Waals surface area contributed by atoms with Crippen LogP contribution in [0.5, 0.6) is 0 Å². The van der Waals surface area contributed by atoms with E-state index in [-0.39, 0.29) is 5.97 Å². The summed E-state index contributed by atoms with van der Waals surface area (Å²) in [6, 6.07) is 8.25. The molecule has 0 saturated heterocycles. The molecule has 2 nitrogen and oxygen atoms in total. The number of hydrogen-bond donors (Lipinski definition) is 0. The minimum Gasteiger partial charge on any atom is -0.466 e. The van der Waals surface area contributed by atoms with Gasteiger partial charge in [-0.3, -0.25) is 0 Å². The lowest BCUT2D eigenvalue weighted by Crippen LogP contribution is -2.04. The summed E-state index contributed by atoms with van der Waals surface area (Å²) >= 11 is 1.73. The Morgan fingerprint density at radius 3 is 2.62 bits per heavy atom. The molecule has 3 heteroatoms. The molecule has 1 aromatic rings. The van der Waals surface area contributed by atoms with Crippen LogP contribution in [-0.4, -0.2) is 18.8 Å². The van der Waals surface area contributed by atoms with E-state index in [1.54, 1.807) is 11.8 Å². The van der Waals surface area contributed by atoms with Crippen LogP contribution in [0.2, 0.25) is 0 Å². The molecule has 0 N–H and O–H groups in total. The molecule has 0 atom stereocenters. The highest BCUT2D eigenvalue weighted by atomic mass is 32.2. The van der Waals surface area contributed by atoms with Gasteiger partial charge >= 0.3 is 5.97 Å². The summed E-state index contributed by atoms with van der Waals surface area (Å²) in [5, 5.41) is 0. The number of methoxy groups -OCH3 is 1. The predicted octanol–water partition coefficient (Wildman–Crippen LogP) is 3.02. The minimum atomic E-state index is -0.194. The Balaban J connectivity index is 2.38. The predicted molar refractivity (Wildman–Crippen MR) is 67.2 cm³/mol. The Labute approximate surface area is 99.7 Å². The Morgan fingerprint density at radius 1 is 1.31 bits per heavy atom. The lowest BCUT2D eigenvalue weighted by Gasteiger charge is -2.05. The fraction of sp³-hybridized carbons (Fsp3) is 0.308. The van der Waals surface area contributed by atoms with E-state index < -0.39 is 0 Å². The van der Waals surface area contributed by atoms with E-state index >= 15 is 0 Å². The van der Waals surface area contributed by atoms with Crippen molar-refractivity contribution in [2.75, 3.05) is 12.9 Å². The monoisotopic (exact) mass is 234 g/mol. The van der Waals surface area contributed by atoms with Gasteiger partial charge in [0.2, 0.25) is 0 Å². The molecule has 0 radical (unpaired) electrons. The molecular formula is C13H14O2S. The van der Waals surface area contributed by atoms with E-state index in [9.17, 15) is 4.79 Å². The van der Waals surface area contributed by atoms with Crippen molar-refractivity contribution in [3.63, 3.8) is 0 Å². The van der Waals surface area contributed by atoms with Gasteiger partial charge in [0, 0.05) is 10.7 Å². The van der Waals surface area contributed by atoms with Crippen molar-refractivity contribution in [2.24, 2.45) is 0 Å². The maximum absolute atomic E-state index is 11.6. The normalized spacial score (nSPS) is 15.4. The standard InChI is InChI=1S/C13H14O2S/c1-9-3-5-10(6-4-9)12-11(7-8-16-12)13(14)15-2/h3-6H,7-8H2,1-2H3. The van der Waals surface area contributed by atoms with E-state index in [0.717, 1.165) is 28.2 Å². The maximum atomic E-state index is 11.6. The third-order valence-electron chi connectivity index (χ3n) is 2.62. The number of thioether (sulfide) groups is 1. The van der Waals surface area contributed by atoms with Crippen LogP contribution in [0, 0.1) is 6.92 Å². The zero-order valence-electron chi connectivity index (χ0n) is 9.45. The number of carbonyl (C=O) groups excluding carboxylic acids is 1. The molecular weight excluding hydrogens is 220 g/mol. The second kappa shape index (κ2) is 4.74. The molecule has 1 aliphatic rings.